The molecule has 0 radical (unpaired) electrons. The molecule has 0 spiro atoms. The molecule has 3 aliphatic carbocycles. The first-order valence-electron chi connectivity index (χ1n) is 11.9. The standard InChI is InChI=1S/C27H24ClN3O3/c28-22-7-3-6-21-19(22)13-18-12-17-4-1-2-5-20(17)27(18,21)31-15-29(14-16-8-9-16)26(34)24-25(33)23(32)10-11-30(24)31/h1-7,10-11,16,18,33H,8-9,12-15H2. The minimum atomic E-state index is -0.560. The van der Waals surface area contributed by atoms with Crippen molar-refractivity contribution in [2.75, 3.05) is 18.2 Å². The number of nitrogens with zero attached hydrogens (tertiary/aromatic N) is 3. The molecule has 34 heavy (non-hydrogen) atoms. The zero-order valence-corrected chi connectivity index (χ0v) is 19.3. The van der Waals surface area contributed by atoms with E-state index in [4.69, 9.17) is 11.6 Å². The molecule has 1 aliphatic heterocycles. The highest BCUT2D eigenvalue weighted by atomic mass is 35.5. The molecule has 172 valence electrons. The minimum Gasteiger partial charge on any atom is -0.502 e. The van der Waals surface area contributed by atoms with Gasteiger partial charge >= 0.3 is 0 Å². The SMILES string of the molecule is O=C1c2c(O)c(=O)ccn2N(C23c4ccccc4CC2Cc2c(Cl)cccc23)CN1CC1CC1. The van der Waals surface area contributed by atoms with E-state index in [0.717, 1.165) is 41.8 Å². The Morgan fingerprint density at radius 3 is 2.62 bits per heavy atom. The smallest absolute Gasteiger partial charge is 0.277 e. The second-order valence-corrected chi connectivity index (χ2v) is 10.4. The first-order valence-corrected chi connectivity index (χ1v) is 12.3. The number of rotatable bonds is 3. The topological polar surface area (TPSA) is 65.8 Å². The number of hydrogen-bond donors (Lipinski definition) is 1. The van der Waals surface area contributed by atoms with E-state index in [0.29, 0.717) is 19.1 Å². The molecule has 2 aromatic carbocycles. The Morgan fingerprint density at radius 1 is 1.00 bits per heavy atom. The van der Waals surface area contributed by atoms with Crippen molar-refractivity contribution in [3.8, 4) is 5.75 Å². The van der Waals surface area contributed by atoms with Crippen molar-refractivity contribution in [2.45, 2.75) is 31.2 Å². The largest absolute Gasteiger partial charge is 0.502 e. The van der Waals surface area contributed by atoms with Gasteiger partial charge in [0.25, 0.3) is 5.91 Å². The highest BCUT2D eigenvalue weighted by molar-refractivity contribution is 6.31. The third kappa shape index (κ3) is 2.52. The van der Waals surface area contributed by atoms with Gasteiger partial charge in [-0.25, -0.2) is 0 Å². The second kappa shape index (κ2) is 6.89. The van der Waals surface area contributed by atoms with Crippen molar-refractivity contribution >= 4 is 17.5 Å². The van der Waals surface area contributed by atoms with Crippen LogP contribution in [0.25, 0.3) is 0 Å². The lowest BCUT2D eigenvalue weighted by molar-refractivity contribution is 0.0637. The molecule has 2 unspecified atom stereocenters. The van der Waals surface area contributed by atoms with Gasteiger partial charge in [0.1, 0.15) is 12.2 Å². The number of carbonyl (C=O) groups is 1. The zero-order chi connectivity index (χ0) is 23.2. The van der Waals surface area contributed by atoms with Crippen LogP contribution >= 0.6 is 11.6 Å². The predicted molar refractivity (Wildman–Crippen MR) is 129 cm³/mol. The summed E-state index contributed by atoms with van der Waals surface area (Å²) in [5.74, 6) is -0.0852. The van der Waals surface area contributed by atoms with Gasteiger partial charge in [-0.1, -0.05) is 48.0 Å². The van der Waals surface area contributed by atoms with E-state index in [9.17, 15) is 14.7 Å². The average molecular weight is 474 g/mol. The van der Waals surface area contributed by atoms with Crippen LogP contribution in [0.5, 0.6) is 5.75 Å². The lowest BCUT2D eigenvalue weighted by atomic mass is 9.81. The molecule has 1 fully saturated rings. The van der Waals surface area contributed by atoms with Gasteiger partial charge in [-0.05, 0) is 59.9 Å². The van der Waals surface area contributed by atoms with Gasteiger partial charge in [0, 0.05) is 29.7 Å². The van der Waals surface area contributed by atoms with Gasteiger partial charge in [0.2, 0.25) is 5.43 Å². The maximum Gasteiger partial charge on any atom is 0.277 e. The molecule has 2 atom stereocenters. The number of amides is 1. The maximum absolute atomic E-state index is 13.5. The lowest BCUT2D eigenvalue weighted by Gasteiger charge is -2.50. The third-order valence-corrected chi connectivity index (χ3v) is 8.51. The second-order valence-electron chi connectivity index (χ2n) is 10.0. The molecule has 4 aliphatic rings. The van der Waals surface area contributed by atoms with Gasteiger partial charge in [-0.3, -0.25) is 19.3 Å². The first-order chi connectivity index (χ1) is 16.5. The fourth-order valence-corrected chi connectivity index (χ4v) is 6.79. The summed E-state index contributed by atoms with van der Waals surface area (Å²) in [4.78, 5) is 27.7. The number of hydrogen-bond acceptors (Lipinski definition) is 4. The van der Waals surface area contributed by atoms with Crippen LogP contribution in [0.15, 0.2) is 59.5 Å². The van der Waals surface area contributed by atoms with Crippen molar-refractivity contribution in [3.63, 3.8) is 0 Å². The number of pyridine rings is 1. The Bertz CT molecular complexity index is 1430. The Hall–Kier alpha value is -3.25. The summed E-state index contributed by atoms with van der Waals surface area (Å²) >= 11 is 6.71. The number of aromatic hydroxyl groups is 1. The van der Waals surface area contributed by atoms with E-state index in [1.54, 1.807) is 15.8 Å². The summed E-state index contributed by atoms with van der Waals surface area (Å²) in [5.41, 5.74) is 3.72. The zero-order valence-electron chi connectivity index (χ0n) is 18.6. The molecule has 3 aromatic rings. The summed E-state index contributed by atoms with van der Waals surface area (Å²) in [6.45, 7) is 1.00. The molecule has 7 rings (SSSR count). The Balaban J connectivity index is 1.53. The summed E-state index contributed by atoms with van der Waals surface area (Å²) in [5, 5.41) is 13.7. The molecule has 1 N–H and O–H groups in total. The number of aromatic nitrogens is 1. The van der Waals surface area contributed by atoms with E-state index >= 15 is 0 Å². The van der Waals surface area contributed by atoms with Crippen molar-refractivity contribution in [1.82, 2.24) is 9.58 Å². The van der Waals surface area contributed by atoms with E-state index < -0.39 is 16.7 Å². The summed E-state index contributed by atoms with van der Waals surface area (Å²) in [6.07, 6.45) is 5.58. The van der Waals surface area contributed by atoms with E-state index in [1.165, 1.54) is 17.2 Å². The summed E-state index contributed by atoms with van der Waals surface area (Å²) < 4.78 is 1.73. The molecular formula is C27H24ClN3O3. The minimum absolute atomic E-state index is 0.0485. The van der Waals surface area contributed by atoms with Crippen LogP contribution in [0, 0.1) is 11.8 Å². The van der Waals surface area contributed by atoms with Crippen LogP contribution < -0.4 is 10.4 Å². The molecule has 1 amide bonds. The average Bonchev–Trinajstić information content (AvgIpc) is 3.50. The summed E-state index contributed by atoms with van der Waals surface area (Å²) in [7, 11) is 0. The van der Waals surface area contributed by atoms with Crippen LogP contribution in [0.4, 0.5) is 0 Å². The molecular weight excluding hydrogens is 450 g/mol. The molecule has 7 heteroatoms. The van der Waals surface area contributed by atoms with E-state index in [2.05, 4.69) is 35.3 Å². The van der Waals surface area contributed by atoms with Crippen molar-refractivity contribution in [3.05, 3.63) is 97.9 Å². The number of halogens is 1. The number of carbonyl (C=O) groups excluding carboxylic acids is 1. The number of fused-ring (bicyclic) bond motifs is 6. The molecule has 0 saturated heterocycles. The maximum atomic E-state index is 13.5. The highest BCUT2D eigenvalue weighted by Gasteiger charge is 2.59. The van der Waals surface area contributed by atoms with E-state index in [1.807, 2.05) is 12.1 Å². The molecule has 1 aromatic heterocycles. The van der Waals surface area contributed by atoms with Gasteiger partial charge in [0.05, 0.1) is 0 Å². The molecule has 0 bridgehead atoms. The Labute approximate surface area is 202 Å². The predicted octanol–water partition coefficient (Wildman–Crippen LogP) is 3.64. The van der Waals surface area contributed by atoms with Crippen molar-refractivity contribution in [1.29, 1.82) is 0 Å². The number of benzene rings is 2. The van der Waals surface area contributed by atoms with Crippen molar-refractivity contribution < 1.29 is 9.90 Å². The fourth-order valence-electron chi connectivity index (χ4n) is 6.54. The van der Waals surface area contributed by atoms with Crippen LogP contribution in [-0.4, -0.2) is 33.8 Å². The van der Waals surface area contributed by atoms with Gasteiger partial charge in [-0.15, -0.1) is 0 Å². The first kappa shape index (κ1) is 20.2. The van der Waals surface area contributed by atoms with Crippen LogP contribution in [0.2, 0.25) is 5.02 Å². The molecule has 6 nitrogen and oxygen atoms in total. The van der Waals surface area contributed by atoms with Crippen molar-refractivity contribution in [2.24, 2.45) is 11.8 Å². The van der Waals surface area contributed by atoms with Crippen LogP contribution in [-0.2, 0) is 18.4 Å². The van der Waals surface area contributed by atoms with Crippen LogP contribution in [0.1, 0.15) is 45.6 Å². The molecule has 2 heterocycles. The normalized spacial score (nSPS) is 24.6. The molecule has 1 saturated carbocycles. The lowest BCUT2D eigenvalue weighted by Crippen LogP contribution is -2.63. The van der Waals surface area contributed by atoms with Crippen LogP contribution in [0.3, 0.4) is 0 Å². The Kier molecular flexibility index (Phi) is 4.08. The summed E-state index contributed by atoms with van der Waals surface area (Å²) in [6, 6.07) is 15.9. The van der Waals surface area contributed by atoms with Gasteiger partial charge in [0.15, 0.2) is 11.4 Å². The van der Waals surface area contributed by atoms with Gasteiger partial charge in [-0.2, -0.15) is 0 Å². The highest BCUT2D eigenvalue weighted by Crippen LogP contribution is 2.57. The quantitative estimate of drug-likeness (QED) is 0.630. The van der Waals surface area contributed by atoms with E-state index in [-0.39, 0.29) is 17.5 Å². The Morgan fingerprint density at radius 2 is 1.79 bits per heavy atom. The van der Waals surface area contributed by atoms with Gasteiger partial charge < -0.3 is 10.0 Å². The third-order valence-electron chi connectivity index (χ3n) is 8.16. The fraction of sp³-hybridized carbons (Fsp3) is 0.333. The monoisotopic (exact) mass is 473 g/mol.